The van der Waals surface area contributed by atoms with Crippen molar-refractivity contribution in [2.45, 2.75) is 37.1 Å². The first-order valence-electron chi connectivity index (χ1n) is 9.33. The molecule has 0 aromatic heterocycles. The zero-order chi connectivity index (χ0) is 21.0. The number of carbonyl (C=O) groups excluding carboxylic acids is 3. The fourth-order valence-electron chi connectivity index (χ4n) is 4.15. The maximum absolute atomic E-state index is 13.3. The van der Waals surface area contributed by atoms with Crippen LogP contribution >= 0.6 is 23.2 Å². The molecule has 0 bridgehead atoms. The van der Waals surface area contributed by atoms with Crippen molar-refractivity contribution in [3.8, 4) is 0 Å². The lowest BCUT2D eigenvalue weighted by Crippen LogP contribution is -2.63. The van der Waals surface area contributed by atoms with Gasteiger partial charge in [0.15, 0.2) is 5.54 Å². The molecule has 152 valence electrons. The lowest BCUT2D eigenvalue weighted by molar-refractivity contribution is -0.157. The summed E-state index contributed by atoms with van der Waals surface area (Å²) in [4.78, 5) is 37.7. The molecule has 7 heteroatoms. The van der Waals surface area contributed by atoms with Crippen molar-refractivity contribution >= 4 is 41.4 Å². The molecule has 1 N–H and O–H groups in total. The van der Waals surface area contributed by atoms with E-state index >= 15 is 0 Å². The third-order valence-electron chi connectivity index (χ3n) is 5.42. The SMILES string of the molecule is CCOC(=O)C1(NC=O)[C@@H](c2ccc(Cl)cc2)CC(=O)C[C@@H]1c1ccc(Cl)cc1. The molecule has 2 aromatic rings. The number of hydrogen-bond donors (Lipinski definition) is 1. The van der Waals surface area contributed by atoms with E-state index in [2.05, 4.69) is 5.32 Å². The van der Waals surface area contributed by atoms with Gasteiger partial charge < -0.3 is 10.1 Å². The van der Waals surface area contributed by atoms with Gasteiger partial charge in [0, 0.05) is 34.7 Å². The molecule has 29 heavy (non-hydrogen) atoms. The third kappa shape index (κ3) is 4.16. The van der Waals surface area contributed by atoms with Crippen LogP contribution in [0, 0.1) is 0 Å². The van der Waals surface area contributed by atoms with Crippen LogP contribution in [0.25, 0.3) is 0 Å². The van der Waals surface area contributed by atoms with Crippen LogP contribution in [0.2, 0.25) is 10.0 Å². The highest BCUT2D eigenvalue weighted by Crippen LogP contribution is 2.48. The normalized spacial score (nSPS) is 20.7. The first kappa shape index (κ1) is 21.3. The molecule has 0 spiro atoms. The number of Topliss-reactive ketones (excluding diaryl/α,β-unsaturated/α-hetero) is 1. The maximum atomic E-state index is 13.3. The van der Waals surface area contributed by atoms with E-state index < -0.39 is 23.3 Å². The number of halogens is 2. The van der Waals surface area contributed by atoms with Gasteiger partial charge in [-0.15, -0.1) is 0 Å². The first-order valence-corrected chi connectivity index (χ1v) is 10.1. The molecule has 1 amide bonds. The Morgan fingerprint density at radius 2 is 1.48 bits per heavy atom. The maximum Gasteiger partial charge on any atom is 0.333 e. The summed E-state index contributed by atoms with van der Waals surface area (Å²) in [5, 5.41) is 3.83. The van der Waals surface area contributed by atoms with Gasteiger partial charge in [0.05, 0.1) is 6.61 Å². The Morgan fingerprint density at radius 3 is 1.86 bits per heavy atom. The predicted molar refractivity (Wildman–Crippen MR) is 111 cm³/mol. The van der Waals surface area contributed by atoms with Crippen molar-refractivity contribution in [1.82, 2.24) is 5.32 Å². The van der Waals surface area contributed by atoms with Crippen LogP contribution in [-0.4, -0.2) is 30.3 Å². The van der Waals surface area contributed by atoms with E-state index in [1.165, 1.54) is 0 Å². The highest BCUT2D eigenvalue weighted by molar-refractivity contribution is 6.30. The summed E-state index contributed by atoms with van der Waals surface area (Å²) >= 11 is 12.0. The summed E-state index contributed by atoms with van der Waals surface area (Å²) < 4.78 is 5.40. The summed E-state index contributed by atoms with van der Waals surface area (Å²) in [6.45, 7) is 1.85. The van der Waals surface area contributed by atoms with E-state index in [9.17, 15) is 14.4 Å². The van der Waals surface area contributed by atoms with Crippen LogP contribution in [0.15, 0.2) is 48.5 Å². The molecule has 2 aromatic carbocycles. The summed E-state index contributed by atoms with van der Waals surface area (Å²) in [6.07, 6.45) is 0.704. The third-order valence-corrected chi connectivity index (χ3v) is 5.92. The van der Waals surface area contributed by atoms with E-state index in [0.717, 1.165) is 11.1 Å². The Hall–Kier alpha value is -2.37. The number of nitrogens with one attached hydrogen (secondary N) is 1. The van der Waals surface area contributed by atoms with Gasteiger partial charge >= 0.3 is 5.97 Å². The van der Waals surface area contributed by atoms with Gasteiger partial charge in [-0.1, -0.05) is 47.5 Å². The number of esters is 1. The quantitative estimate of drug-likeness (QED) is 0.545. The minimum atomic E-state index is -1.44. The minimum absolute atomic E-state index is 0.00229. The molecule has 3 rings (SSSR count). The lowest BCUT2D eigenvalue weighted by atomic mass is 9.61. The van der Waals surface area contributed by atoms with Crippen LogP contribution in [0.3, 0.4) is 0 Å². The Bertz CT molecular complexity index is 839. The van der Waals surface area contributed by atoms with Crippen LogP contribution in [0.5, 0.6) is 0 Å². The standard InChI is InChI=1S/C22H21Cl2NO4/c1-2-29-21(28)22(25-13-26)19(14-3-7-16(23)8-4-14)11-18(27)12-20(22)15-5-9-17(24)10-6-15/h3-10,13,19-20H,2,11-12H2,1H3,(H,25,26)/t19-,20-/m1/s1. The van der Waals surface area contributed by atoms with Crippen LogP contribution < -0.4 is 5.32 Å². The zero-order valence-corrected chi connectivity index (χ0v) is 17.4. The van der Waals surface area contributed by atoms with Crippen molar-refractivity contribution in [3.63, 3.8) is 0 Å². The van der Waals surface area contributed by atoms with Crippen LogP contribution in [0.1, 0.15) is 42.7 Å². The summed E-state index contributed by atoms with van der Waals surface area (Å²) in [6, 6.07) is 13.9. The Balaban J connectivity index is 2.21. The number of benzene rings is 2. The topological polar surface area (TPSA) is 72.5 Å². The number of amides is 1. The minimum Gasteiger partial charge on any atom is -0.464 e. The van der Waals surface area contributed by atoms with Gasteiger partial charge in [-0.2, -0.15) is 0 Å². The highest BCUT2D eigenvalue weighted by Gasteiger charge is 2.57. The van der Waals surface area contributed by atoms with Crippen molar-refractivity contribution in [3.05, 3.63) is 69.7 Å². The number of rotatable bonds is 6. The van der Waals surface area contributed by atoms with Gasteiger partial charge in [0.25, 0.3) is 0 Å². The van der Waals surface area contributed by atoms with Crippen LogP contribution in [0.4, 0.5) is 0 Å². The smallest absolute Gasteiger partial charge is 0.333 e. The fraction of sp³-hybridized carbons (Fsp3) is 0.318. The average molecular weight is 434 g/mol. The first-order chi connectivity index (χ1) is 13.9. The van der Waals surface area contributed by atoms with Crippen molar-refractivity contribution in [1.29, 1.82) is 0 Å². The molecule has 2 atom stereocenters. The highest BCUT2D eigenvalue weighted by atomic mass is 35.5. The lowest BCUT2D eigenvalue weighted by Gasteiger charge is -2.47. The molecule has 1 saturated carbocycles. The summed E-state index contributed by atoms with van der Waals surface area (Å²) in [5.41, 5.74) is 0.0143. The van der Waals surface area contributed by atoms with Crippen LogP contribution in [-0.2, 0) is 19.1 Å². The molecular weight excluding hydrogens is 413 g/mol. The molecule has 5 nitrogen and oxygen atoms in total. The van der Waals surface area contributed by atoms with Gasteiger partial charge in [-0.25, -0.2) is 4.79 Å². The van der Waals surface area contributed by atoms with Gasteiger partial charge in [0.1, 0.15) is 5.78 Å². The number of hydrogen-bond acceptors (Lipinski definition) is 4. The second-order valence-electron chi connectivity index (χ2n) is 7.01. The molecule has 0 radical (unpaired) electrons. The fourth-order valence-corrected chi connectivity index (χ4v) is 4.40. The number of ether oxygens (including phenoxy) is 1. The molecular formula is C22H21Cl2NO4. The second-order valence-corrected chi connectivity index (χ2v) is 7.88. The van der Waals surface area contributed by atoms with Crippen molar-refractivity contribution in [2.75, 3.05) is 6.61 Å². The molecule has 0 aliphatic heterocycles. The van der Waals surface area contributed by atoms with E-state index in [1.807, 2.05) is 0 Å². The predicted octanol–water partition coefficient (Wildman–Crippen LogP) is 4.27. The molecule has 1 aliphatic rings. The van der Waals surface area contributed by atoms with Gasteiger partial charge in [0.2, 0.25) is 6.41 Å². The zero-order valence-electron chi connectivity index (χ0n) is 15.9. The van der Waals surface area contributed by atoms with Crippen molar-refractivity contribution in [2.24, 2.45) is 0 Å². The Labute approximate surface area is 179 Å². The molecule has 1 fully saturated rings. The molecule has 0 heterocycles. The van der Waals surface area contributed by atoms with Gasteiger partial charge in [-0.05, 0) is 42.3 Å². The van der Waals surface area contributed by atoms with E-state index in [0.29, 0.717) is 16.5 Å². The summed E-state index contributed by atoms with van der Waals surface area (Å²) in [5.74, 6) is -1.78. The van der Waals surface area contributed by atoms with E-state index in [1.54, 1.807) is 55.5 Å². The monoisotopic (exact) mass is 433 g/mol. The molecule has 1 aliphatic carbocycles. The van der Waals surface area contributed by atoms with Gasteiger partial charge in [-0.3, -0.25) is 9.59 Å². The largest absolute Gasteiger partial charge is 0.464 e. The molecule has 0 unspecified atom stereocenters. The number of ketones is 1. The Kier molecular flexibility index (Phi) is 6.60. The second kappa shape index (κ2) is 8.97. The number of carbonyl (C=O) groups is 3. The van der Waals surface area contributed by atoms with Crippen molar-refractivity contribution < 1.29 is 19.1 Å². The Morgan fingerprint density at radius 1 is 1.03 bits per heavy atom. The summed E-state index contributed by atoms with van der Waals surface area (Å²) in [7, 11) is 0. The van der Waals surface area contributed by atoms with E-state index in [-0.39, 0.29) is 25.2 Å². The molecule has 0 saturated heterocycles. The average Bonchev–Trinajstić information content (AvgIpc) is 2.70. The van der Waals surface area contributed by atoms with E-state index in [4.69, 9.17) is 27.9 Å².